The van der Waals surface area contributed by atoms with E-state index in [2.05, 4.69) is 4.98 Å². The summed E-state index contributed by atoms with van der Waals surface area (Å²) in [4.78, 5) is 3.92. The van der Waals surface area contributed by atoms with Gasteiger partial charge in [0, 0.05) is 6.04 Å². The van der Waals surface area contributed by atoms with Crippen LogP contribution in [0.25, 0.3) is 5.69 Å². The van der Waals surface area contributed by atoms with Crippen LogP contribution >= 0.6 is 0 Å². The Kier molecular flexibility index (Phi) is 3.09. The van der Waals surface area contributed by atoms with Gasteiger partial charge >= 0.3 is 0 Å². The van der Waals surface area contributed by atoms with Crippen molar-refractivity contribution in [2.24, 2.45) is 5.73 Å². The quantitative estimate of drug-likeness (QED) is 0.859. The van der Waals surface area contributed by atoms with Gasteiger partial charge in [0.15, 0.2) is 11.4 Å². The standard InChI is InChI=1S/C13H11N5/c1-9(16)10-4-2-3-5-12(10)18-8-17-11(6-14)13(18)7-15/h2-5,8-9H,16H2,1H3. The lowest BCUT2D eigenvalue weighted by Crippen LogP contribution is -2.10. The van der Waals surface area contributed by atoms with E-state index in [0.29, 0.717) is 0 Å². The van der Waals surface area contributed by atoms with Crippen LogP contribution in [0.3, 0.4) is 0 Å². The van der Waals surface area contributed by atoms with Gasteiger partial charge in [0.25, 0.3) is 0 Å². The predicted octanol–water partition coefficient (Wildman–Crippen LogP) is 1.64. The number of nitrogens with zero attached hydrogens (tertiary/aromatic N) is 4. The summed E-state index contributed by atoms with van der Waals surface area (Å²) in [7, 11) is 0. The number of para-hydroxylation sites is 1. The second kappa shape index (κ2) is 4.70. The van der Waals surface area contributed by atoms with Crippen molar-refractivity contribution in [2.75, 3.05) is 0 Å². The van der Waals surface area contributed by atoms with Crippen molar-refractivity contribution < 1.29 is 0 Å². The minimum atomic E-state index is -0.166. The zero-order valence-electron chi connectivity index (χ0n) is 9.83. The molecule has 1 atom stereocenters. The van der Waals surface area contributed by atoms with Crippen molar-refractivity contribution >= 4 is 0 Å². The zero-order chi connectivity index (χ0) is 13.1. The van der Waals surface area contributed by atoms with Gasteiger partial charge in [-0.1, -0.05) is 18.2 Å². The number of rotatable bonds is 2. The zero-order valence-corrected chi connectivity index (χ0v) is 9.83. The monoisotopic (exact) mass is 237 g/mol. The van der Waals surface area contributed by atoms with Gasteiger partial charge in [0.2, 0.25) is 0 Å². The summed E-state index contributed by atoms with van der Waals surface area (Å²) in [5, 5.41) is 18.0. The first-order chi connectivity index (χ1) is 8.69. The topological polar surface area (TPSA) is 91.4 Å². The van der Waals surface area contributed by atoms with Crippen molar-refractivity contribution in [3.05, 3.63) is 47.5 Å². The van der Waals surface area contributed by atoms with E-state index in [9.17, 15) is 0 Å². The molecule has 0 aliphatic heterocycles. The summed E-state index contributed by atoms with van der Waals surface area (Å²) in [6, 6.07) is 11.2. The van der Waals surface area contributed by atoms with Crippen molar-refractivity contribution in [2.45, 2.75) is 13.0 Å². The fourth-order valence-electron chi connectivity index (χ4n) is 1.81. The van der Waals surface area contributed by atoms with Crippen LogP contribution in [0.5, 0.6) is 0 Å². The number of benzene rings is 1. The molecule has 0 spiro atoms. The molecule has 0 bridgehead atoms. The van der Waals surface area contributed by atoms with Crippen LogP contribution in [0.15, 0.2) is 30.6 Å². The number of imidazole rings is 1. The van der Waals surface area contributed by atoms with Gasteiger partial charge in [-0.25, -0.2) is 4.98 Å². The van der Waals surface area contributed by atoms with E-state index in [1.165, 1.54) is 6.33 Å². The van der Waals surface area contributed by atoms with Crippen molar-refractivity contribution in [1.29, 1.82) is 10.5 Å². The molecule has 1 aromatic heterocycles. The van der Waals surface area contributed by atoms with Crippen LogP contribution in [0, 0.1) is 22.7 Å². The highest BCUT2D eigenvalue weighted by Crippen LogP contribution is 2.22. The maximum atomic E-state index is 9.12. The summed E-state index contributed by atoms with van der Waals surface area (Å²) >= 11 is 0. The molecule has 5 nitrogen and oxygen atoms in total. The Bertz CT molecular complexity index is 655. The SMILES string of the molecule is CC(N)c1ccccc1-n1cnc(C#N)c1C#N. The summed E-state index contributed by atoms with van der Waals surface area (Å²) in [6.45, 7) is 1.87. The summed E-state index contributed by atoms with van der Waals surface area (Å²) in [5.74, 6) is 0. The van der Waals surface area contributed by atoms with E-state index in [-0.39, 0.29) is 17.4 Å². The first-order valence-corrected chi connectivity index (χ1v) is 5.41. The van der Waals surface area contributed by atoms with Gasteiger partial charge in [0.05, 0.1) is 5.69 Å². The smallest absolute Gasteiger partial charge is 0.177 e. The Morgan fingerprint density at radius 2 is 2.00 bits per heavy atom. The third-order valence-electron chi connectivity index (χ3n) is 2.67. The van der Waals surface area contributed by atoms with Crippen LogP contribution in [0.2, 0.25) is 0 Å². The van der Waals surface area contributed by atoms with Gasteiger partial charge in [-0.15, -0.1) is 0 Å². The lowest BCUT2D eigenvalue weighted by Gasteiger charge is -2.13. The highest BCUT2D eigenvalue weighted by Gasteiger charge is 2.15. The lowest BCUT2D eigenvalue weighted by atomic mass is 10.1. The Balaban J connectivity index is 2.68. The molecular formula is C13H11N5. The van der Waals surface area contributed by atoms with Crippen LogP contribution < -0.4 is 5.73 Å². The van der Waals surface area contributed by atoms with Crippen LogP contribution in [0.1, 0.15) is 29.9 Å². The maximum absolute atomic E-state index is 9.12. The van der Waals surface area contributed by atoms with Gasteiger partial charge in [0.1, 0.15) is 18.5 Å². The molecule has 0 amide bonds. The van der Waals surface area contributed by atoms with E-state index >= 15 is 0 Å². The molecule has 1 aromatic carbocycles. The highest BCUT2D eigenvalue weighted by molar-refractivity contribution is 5.49. The average molecular weight is 237 g/mol. The third-order valence-corrected chi connectivity index (χ3v) is 2.67. The van der Waals surface area contributed by atoms with Gasteiger partial charge in [-0.3, -0.25) is 4.57 Å². The molecule has 18 heavy (non-hydrogen) atoms. The molecule has 0 aliphatic carbocycles. The number of nitrogens with two attached hydrogens (primary N) is 1. The number of hydrogen-bond acceptors (Lipinski definition) is 4. The number of aromatic nitrogens is 2. The largest absolute Gasteiger partial charge is 0.324 e. The molecule has 0 radical (unpaired) electrons. The number of nitriles is 2. The summed E-state index contributed by atoms with van der Waals surface area (Å²) in [6.07, 6.45) is 1.47. The Morgan fingerprint density at radius 3 is 2.61 bits per heavy atom. The van der Waals surface area contributed by atoms with Crippen molar-refractivity contribution in [3.8, 4) is 17.8 Å². The van der Waals surface area contributed by atoms with Crippen LogP contribution in [-0.4, -0.2) is 9.55 Å². The molecule has 1 heterocycles. The summed E-state index contributed by atoms with van der Waals surface area (Å²) < 4.78 is 1.59. The molecule has 5 heteroatoms. The Labute approximate surface area is 105 Å². The van der Waals surface area contributed by atoms with Gasteiger partial charge < -0.3 is 5.73 Å². The fraction of sp³-hybridized carbons (Fsp3) is 0.154. The predicted molar refractivity (Wildman–Crippen MR) is 65.6 cm³/mol. The van der Waals surface area contributed by atoms with Crippen LogP contribution in [-0.2, 0) is 0 Å². The highest BCUT2D eigenvalue weighted by atomic mass is 15.1. The van der Waals surface area contributed by atoms with E-state index < -0.39 is 0 Å². The molecule has 0 aliphatic rings. The first-order valence-electron chi connectivity index (χ1n) is 5.41. The minimum Gasteiger partial charge on any atom is -0.324 e. The second-order valence-corrected chi connectivity index (χ2v) is 3.88. The van der Waals surface area contributed by atoms with E-state index in [4.69, 9.17) is 16.3 Å². The first kappa shape index (κ1) is 11.8. The molecule has 0 saturated heterocycles. The van der Waals surface area contributed by atoms with Crippen molar-refractivity contribution in [1.82, 2.24) is 9.55 Å². The van der Waals surface area contributed by atoms with Gasteiger partial charge in [-0.05, 0) is 18.6 Å². The second-order valence-electron chi connectivity index (χ2n) is 3.88. The van der Waals surface area contributed by atoms with E-state index in [1.54, 1.807) is 4.57 Å². The molecule has 2 aromatic rings. The molecule has 2 rings (SSSR count). The van der Waals surface area contributed by atoms with Crippen LogP contribution in [0.4, 0.5) is 0 Å². The number of hydrogen-bond donors (Lipinski definition) is 1. The maximum Gasteiger partial charge on any atom is 0.177 e. The van der Waals surface area contributed by atoms with E-state index in [0.717, 1.165) is 11.3 Å². The molecule has 88 valence electrons. The lowest BCUT2D eigenvalue weighted by molar-refractivity contribution is 0.802. The summed E-state index contributed by atoms with van der Waals surface area (Å²) in [5.41, 5.74) is 7.93. The molecule has 1 unspecified atom stereocenters. The minimum absolute atomic E-state index is 0.122. The normalized spacial score (nSPS) is 11.6. The average Bonchev–Trinajstić information content (AvgIpc) is 2.81. The molecule has 0 fully saturated rings. The third kappa shape index (κ3) is 1.84. The van der Waals surface area contributed by atoms with Crippen molar-refractivity contribution in [3.63, 3.8) is 0 Å². The Hall–Kier alpha value is -2.63. The van der Waals surface area contributed by atoms with Gasteiger partial charge in [-0.2, -0.15) is 10.5 Å². The molecule has 2 N–H and O–H groups in total. The molecule has 0 saturated carbocycles. The molecular weight excluding hydrogens is 226 g/mol. The Morgan fingerprint density at radius 1 is 1.28 bits per heavy atom. The van der Waals surface area contributed by atoms with E-state index in [1.807, 2.05) is 43.3 Å². The fourth-order valence-corrected chi connectivity index (χ4v) is 1.81.